The minimum Gasteiger partial charge on any atom is -0.491 e. The van der Waals surface area contributed by atoms with Gasteiger partial charge < -0.3 is 15.4 Å². The number of amides is 2. The Morgan fingerprint density at radius 2 is 1.67 bits per heavy atom. The van der Waals surface area contributed by atoms with Crippen molar-refractivity contribution in [3.8, 4) is 5.75 Å². The summed E-state index contributed by atoms with van der Waals surface area (Å²) in [4.78, 5) is 23.3. The van der Waals surface area contributed by atoms with Crippen molar-refractivity contribution in [3.63, 3.8) is 0 Å². The normalized spacial score (nSPS) is 11.5. The van der Waals surface area contributed by atoms with Gasteiger partial charge in [-0.05, 0) is 55.8 Å². The zero-order valence-corrected chi connectivity index (χ0v) is 14.1. The second-order valence-electron chi connectivity index (χ2n) is 5.58. The molecule has 1 atom stereocenters. The fraction of sp³-hybridized carbons (Fsp3) is 0.263. The number of hydrogen-bond donors (Lipinski definition) is 2. The molecule has 5 heteroatoms. The van der Waals surface area contributed by atoms with E-state index in [1.165, 1.54) is 6.92 Å². The number of hydrogen-bond acceptors (Lipinski definition) is 3. The summed E-state index contributed by atoms with van der Waals surface area (Å²) in [5.74, 6) is 0.333. The number of rotatable bonds is 6. The highest BCUT2D eigenvalue weighted by Crippen LogP contribution is 2.18. The molecule has 2 amide bonds. The summed E-state index contributed by atoms with van der Waals surface area (Å²) in [6.07, 6.45) is 1.00. The van der Waals surface area contributed by atoms with Crippen LogP contribution in [0.1, 0.15) is 37.6 Å². The molecule has 2 aromatic rings. The van der Waals surface area contributed by atoms with Crippen molar-refractivity contribution >= 4 is 23.2 Å². The summed E-state index contributed by atoms with van der Waals surface area (Å²) in [6, 6.07) is 14.1. The number of carbonyl (C=O) groups excluding carboxylic acids is 2. The molecule has 1 unspecified atom stereocenters. The van der Waals surface area contributed by atoms with Crippen molar-refractivity contribution in [2.75, 3.05) is 10.6 Å². The van der Waals surface area contributed by atoms with Crippen molar-refractivity contribution < 1.29 is 14.3 Å². The molecule has 126 valence electrons. The van der Waals surface area contributed by atoms with Gasteiger partial charge in [-0.2, -0.15) is 0 Å². The van der Waals surface area contributed by atoms with Gasteiger partial charge in [0.1, 0.15) is 5.75 Å². The fourth-order valence-corrected chi connectivity index (χ4v) is 2.07. The van der Waals surface area contributed by atoms with Gasteiger partial charge in [0, 0.05) is 23.9 Å². The SMILES string of the molecule is CCC(C)Oc1cccc(C(=O)Nc2ccc(NC(C)=O)cc2)c1. The van der Waals surface area contributed by atoms with E-state index in [1.54, 1.807) is 42.5 Å². The zero-order valence-electron chi connectivity index (χ0n) is 14.1. The van der Waals surface area contributed by atoms with Gasteiger partial charge in [-0.25, -0.2) is 0 Å². The van der Waals surface area contributed by atoms with Gasteiger partial charge in [-0.3, -0.25) is 9.59 Å². The number of carbonyl (C=O) groups is 2. The monoisotopic (exact) mass is 326 g/mol. The topological polar surface area (TPSA) is 67.4 Å². The molecule has 0 aliphatic heterocycles. The van der Waals surface area contributed by atoms with Crippen LogP contribution >= 0.6 is 0 Å². The lowest BCUT2D eigenvalue weighted by Crippen LogP contribution is -2.13. The van der Waals surface area contributed by atoms with Crippen LogP contribution in [0.2, 0.25) is 0 Å². The predicted octanol–water partition coefficient (Wildman–Crippen LogP) is 4.07. The van der Waals surface area contributed by atoms with E-state index in [2.05, 4.69) is 10.6 Å². The first-order valence-corrected chi connectivity index (χ1v) is 7.93. The second-order valence-corrected chi connectivity index (χ2v) is 5.58. The van der Waals surface area contributed by atoms with Crippen LogP contribution in [0.25, 0.3) is 0 Å². The van der Waals surface area contributed by atoms with E-state index in [0.717, 1.165) is 6.42 Å². The molecule has 24 heavy (non-hydrogen) atoms. The largest absolute Gasteiger partial charge is 0.491 e. The Labute approximate surface area is 142 Å². The molecule has 5 nitrogen and oxygen atoms in total. The molecule has 0 aliphatic carbocycles. The van der Waals surface area contributed by atoms with Gasteiger partial charge >= 0.3 is 0 Å². The van der Waals surface area contributed by atoms with Crippen LogP contribution in [0, 0.1) is 0 Å². The van der Waals surface area contributed by atoms with E-state index < -0.39 is 0 Å². The Kier molecular flexibility index (Phi) is 5.95. The lowest BCUT2D eigenvalue weighted by molar-refractivity contribution is -0.114. The lowest BCUT2D eigenvalue weighted by Gasteiger charge is -2.13. The van der Waals surface area contributed by atoms with Crippen LogP contribution < -0.4 is 15.4 Å². The van der Waals surface area contributed by atoms with Crippen molar-refractivity contribution in [2.45, 2.75) is 33.3 Å². The molecule has 2 N–H and O–H groups in total. The third kappa shape index (κ3) is 5.12. The third-order valence-corrected chi connectivity index (χ3v) is 3.47. The second kappa shape index (κ2) is 8.15. The Hall–Kier alpha value is -2.82. The molecule has 0 fully saturated rings. The summed E-state index contributed by atoms with van der Waals surface area (Å²) in [5.41, 5.74) is 1.87. The zero-order chi connectivity index (χ0) is 17.5. The molecule has 2 rings (SSSR count). The molecule has 0 bridgehead atoms. The minimum atomic E-state index is -0.211. The van der Waals surface area contributed by atoms with E-state index in [0.29, 0.717) is 22.7 Å². The summed E-state index contributed by atoms with van der Waals surface area (Å²) >= 11 is 0. The molecule has 0 aliphatic rings. The maximum Gasteiger partial charge on any atom is 0.255 e. The molecular weight excluding hydrogens is 304 g/mol. The first-order valence-electron chi connectivity index (χ1n) is 7.93. The molecule has 0 heterocycles. The highest BCUT2D eigenvalue weighted by molar-refractivity contribution is 6.04. The number of benzene rings is 2. The summed E-state index contributed by atoms with van der Waals surface area (Å²) < 4.78 is 5.74. The minimum absolute atomic E-state index is 0.102. The van der Waals surface area contributed by atoms with Crippen LogP contribution in [0.5, 0.6) is 5.75 Å². The summed E-state index contributed by atoms with van der Waals surface area (Å²) in [6.45, 7) is 5.49. The van der Waals surface area contributed by atoms with E-state index in [4.69, 9.17) is 4.74 Å². The Balaban J connectivity index is 2.04. The van der Waals surface area contributed by atoms with E-state index >= 15 is 0 Å². The van der Waals surface area contributed by atoms with Crippen LogP contribution in [-0.2, 0) is 4.79 Å². The highest BCUT2D eigenvalue weighted by Gasteiger charge is 2.09. The Morgan fingerprint density at radius 1 is 1.04 bits per heavy atom. The first kappa shape index (κ1) is 17.5. The van der Waals surface area contributed by atoms with E-state index in [-0.39, 0.29) is 17.9 Å². The maximum absolute atomic E-state index is 12.3. The number of ether oxygens (including phenoxy) is 1. The summed E-state index contributed by atoms with van der Waals surface area (Å²) in [5, 5.41) is 5.51. The predicted molar refractivity (Wildman–Crippen MR) is 95.5 cm³/mol. The van der Waals surface area contributed by atoms with Crippen LogP contribution in [0.4, 0.5) is 11.4 Å². The molecule has 0 saturated carbocycles. The molecule has 0 saturated heterocycles. The average molecular weight is 326 g/mol. The van der Waals surface area contributed by atoms with Gasteiger partial charge in [0.05, 0.1) is 6.10 Å². The fourth-order valence-electron chi connectivity index (χ4n) is 2.07. The Morgan fingerprint density at radius 3 is 2.25 bits per heavy atom. The molecule has 0 radical (unpaired) electrons. The van der Waals surface area contributed by atoms with Crippen LogP contribution in [0.15, 0.2) is 48.5 Å². The quantitative estimate of drug-likeness (QED) is 0.840. The van der Waals surface area contributed by atoms with E-state index in [9.17, 15) is 9.59 Å². The highest BCUT2D eigenvalue weighted by atomic mass is 16.5. The standard InChI is InChI=1S/C19H22N2O3/c1-4-13(2)24-18-7-5-6-15(12-18)19(23)21-17-10-8-16(9-11-17)20-14(3)22/h5-13H,4H2,1-3H3,(H,20,22)(H,21,23). The van der Waals surface area contributed by atoms with Gasteiger partial charge in [0.15, 0.2) is 0 Å². The smallest absolute Gasteiger partial charge is 0.255 e. The van der Waals surface area contributed by atoms with Crippen molar-refractivity contribution in [1.82, 2.24) is 0 Å². The number of anilines is 2. The van der Waals surface area contributed by atoms with Gasteiger partial charge in [0.25, 0.3) is 5.91 Å². The van der Waals surface area contributed by atoms with Crippen molar-refractivity contribution in [3.05, 3.63) is 54.1 Å². The molecular formula is C19H22N2O3. The van der Waals surface area contributed by atoms with Crippen molar-refractivity contribution in [1.29, 1.82) is 0 Å². The van der Waals surface area contributed by atoms with Crippen LogP contribution in [-0.4, -0.2) is 17.9 Å². The number of nitrogens with one attached hydrogen (secondary N) is 2. The third-order valence-electron chi connectivity index (χ3n) is 3.47. The average Bonchev–Trinajstić information content (AvgIpc) is 2.56. The molecule has 0 aromatic heterocycles. The van der Waals surface area contributed by atoms with Gasteiger partial charge in [-0.15, -0.1) is 0 Å². The first-order chi connectivity index (χ1) is 11.5. The van der Waals surface area contributed by atoms with Gasteiger partial charge in [-0.1, -0.05) is 13.0 Å². The van der Waals surface area contributed by atoms with Gasteiger partial charge in [0.2, 0.25) is 5.91 Å². The lowest BCUT2D eigenvalue weighted by atomic mass is 10.2. The van der Waals surface area contributed by atoms with Crippen molar-refractivity contribution in [2.24, 2.45) is 0 Å². The maximum atomic E-state index is 12.3. The van der Waals surface area contributed by atoms with E-state index in [1.807, 2.05) is 19.9 Å². The molecule has 0 spiro atoms. The Bertz CT molecular complexity index is 711. The molecule has 2 aromatic carbocycles. The summed E-state index contributed by atoms with van der Waals surface area (Å²) in [7, 11) is 0. The van der Waals surface area contributed by atoms with Crippen LogP contribution in [0.3, 0.4) is 0 Å².